The highest BCUT2D eigenvalue weighted by Gasteiger charge is 2.45. The first-order valence-corrected chi connectivity index (χ1v) is 14.7. The highest BCUT2D eigenvalue weighted by Crippen LogP contribution is 2.40. The first kappa shape index (κ1) is 28.0. The number of aryl methyl sites for hydroxylation is 1. The lowest BCUT2D eigenvalue weighted by atomic mass is 9.85. The summed E-state index contributed by atoms with van der Waals surface area (Å²) < 4.78 is 68.2. The average molecular weight is 547 g/mol. The van der Waals surface area contributed by atoms with E-state index in [0.717, 1.165) is 44.1 Å². The summed E-state index contributed by atoms with van der Waals surface area (Å²) in [6, 6.07) is 6.48. The first-order chi connectivity index (χ1) is 17.3. The molecule has 1 aromatic rings. The van der Waals surface area contributed by atoms with Gasteiger partial charge >= 0.3 is 12.3 Å². The number of amides is 1. The van der Waals surface area contributed by atoms with Gasteiger partial charge in [-0.3, -0.25) is 4.90 Å². The van der Waals surface area contributed by atoms with Gasteiger partial charge in [0.05, 0.1) is 6.26 Å². The van der Waals surface area contributed by atoms with E-state index in [9.17, 15) is 26.4 Å². The first-order valence-electron chi connectivity index (χ1n) is 12.8. The molecule has 37 heavy (non-hydrogen) atoms. The summed E-state index contributed by atoms with van der Waals surface area (Å²) in [5.74, 6) is 0. The minimum absolute atomic E-state index is 0.0720. The van der Waals surface area contributed by atoms with Crippen molar-refractivity contribution >= 4 is 21.8 Å². The standard InChI is InChI=1S/C25H37F3N4O4S/c1-19-15-21(17-22(16-19)29-11-13-32(14-12-29)37(3,34)35)18-31-8-4-5-24(31)6-9-30(10-7-24)23(33)36-20(2)25(26,27)28/h15-17,20H,4-14,18H2,1-3H3. The lowest BCUT2D eigenvalue weighted by molar-refractivity contribution is -0.200. The van der Waals surface area contributed by atoms with Gasteiger partial charge in [-0.1, -0.05) is 6.07 Å². The zero-order chi connectivity index (χ0) is 27.0. The van der Waals surface area contributed by atoms with Crippen LogP contribution in [0.15, 0.2) is 18.2 Å². The van der Waals surface area contributed by atoms with Crippen molar-refractivity contribution in [3.63, 3.8) is 0 Å². The van der Waals surface area contributed by atoms with Crippen LogP contribution in [0.3, 0.4) is 0 Å². The number of hydrogen-bond acceptors (Lipinski definition) is 6. The molecule has 0 N–H and O–H groups in total. The lowest BCUT2D eigenvalue weighted by Gasteiger charge is -2.45. The van der Waals surface area contributed by atoms with Gasteiger partial charge in [0.25, 0.3) is 0 Å². The van der Waals surface area contributed by atoms with Crippen molar-refractivity contribution in [3.8, 4) is 0 Å². The van der Waals surface area contributed by atoms with Crippen LogP contribution in [0.1, 0.15) is 43.7 Å². The number of carbonyl (C=O) groups excluding carboxylic acids is 1. The number of halogens is 3. The van der Waals surface area contributed by atoms with Gasteiger partial charge in [0.15, 0.2) is 6.10 Å². The third-order valence-corrected chi connectivity index (χ3v) is 9.30. The van der Waals surface area contributed by atoms with E-state index in [1.807, 2.05) is 0 Å². The van der Waals surface area contributed by atoms with Crippen LogP contribution in [-0.4, -0.2) is 98.5 Å². The maximum Gasteiger partial charge on any atom is 0.425 e. The van der Waals surface area contributed by atoms with E-state index in [4.69, 9.17) is 0 Å². The number of carbonyl (C=O) groups is 1. The topological polar surface area (TPSA) is 73.4 Å². The Hall–Kier alpha value is -2.05. The number of benzene rings is 1. The summed E-state index contributed by atoms with van der Waals surface area (Å²) in [6.07, 6.45) is -2.89. The average Bonchev–Trinajstić information content (AvgIpc) is 3.19. The van der Waals surface area contributed by atoms with E-state index in [1.54, 1.807) is 0 Å². The minimum Gasteiger partial charge on any atom is -0.437 e. The molecule has 0 saturated carbocycles. The molecule has 1 aromatic carbocycles. The van der Waals surface area contributed by atoms with Crippen LogP contribution < -0.4 is 4.90 Å². The van der Waals surface area contributed by atoms with Gasteiger partial charge in [0, 0.05) is 57.0 Å². The van der Waals surface area contributed by atoms with Gasteiger partial charge in [-0.25, -0.2) is 13.2 Å². The summed E-state index contributed by atoms with van der Waals surface area (Å²) in [5.41, 5.74) is 3.34. The van der Waals surface area contributed by atoms with Gasteiger partial charge in [-0.05, 0) is 69.3 Å². The van der Waals surface area contributed by atoms with Crippen molar-refractivity contribution < 1.29 is 31.1 Å². The second-order valence-corrected chi connectivity index (χ2v) is 12.6. The monoisotopic (exact) mass is 546 g/mol. The van der Waals surface area contributed by atoms with Crippen molar-refractivity contribution in [1.82, 2.24) is 14.1 Å². The molecule has 1 atom stereocenters. The van der Waals surface area contributed by atoms with E-state index in [0.29, 0.717) is 52.1 Å². The molecular weight excluding hydrogens is 509 g/mol. The second kappa shape index (κ2) is 10.6. The fourth-order valence-corrected chi connectivity index (χ4v) is 6.64. The molecule has 1 spiro atoms. The molecule has 3 saturated heterocycles. The highest BCUT2D eigenvalue weighted by atomic mass is 32.2. The molecule has 0 aromatic heterocycles. The maximum atomic E-state index is 12.8. The number of likely N-dealkylation sites (tertiary alicyclic amines) is 2. The Balaban J connectivity index is 1.38. The Morgan fingerprint density at radius 2 is 1.68 bits per heavy atom. The number of ether oxygens (including phenoxy) is 1. The van der Waals surface area contributed by atoms with Crippen molar-refractivity contribution in [3.05, 3.63) is 29.3 Å². The molecule has 3 aliphatic heterocycles. The van der Waals surface area contributed by atoms with Crippen LogP contribution in [0.4, 0.5) is 23.7 Å². The van der Waals surface area contributed by atoms with Crippen molar-refractivity contribution in [1.29, 1.82) is 0 Å². The highest BCUT2D eigenvalue weighted by molar-refractivity contribution is 7.88. The summed E-state index contributed by atoms with van der Waals surface area (Å²) in [5, 5.41) is 0. The second-order valence-electron chi connectivity index (χ2n) is 10.6. The Morgan fingerprint density at radius 1 is 1.03 bits per heavy atom. The molecular formula is C25H37F3N4O4S. The number of piperidine rings is 1. The summed E-state index contributed by atoms with van der Waals surface area (Å²) in [7, 11) is -3.18. The largest absolute Gasteiger partial charge is 0.437 e. The molecule has 0 aliphatic carbocycles. The van der Waals surface area contributed by atoms with Gasteiger partial charge in [0.1, 0.15) is 0 Å². The van der Waals surface area contributed by atoms with Gasteiger partial charge in [-0.2, -0.15) is 17.5 Å². The van der Waals surface area contributed by atoms with Crippen LogP contribution in [-0.2, 0) is 21.3 Å². The molecule has 0 bridgehead atoms. The molecule has 8 nitrogen and oxygen atoms in total. The normalized spacial score (nSPS) is 22.4. The van der Waals surface area contributed by atoms with Crippen LogP contribution >= 0.6 is 0 Å². The van der Waals surface area contributed by atoms with E-state index >= 15 is 0 Å². The third kappa shape index (κ3) is 6.51. The predicted octanol–water partition coefficient (Wildman–Crippen LogP) is 3.59. The lowest BCUT2D eigenvalue weighted by Crippen LogP contribution is -2.53. The smallest absolute Gasteiger partial charge is 0.425 e. The maximum absolute atomic E-state index is 12.8. The fourth-order valence-electron chi connectivity index (χ4n) is 5.82. The molecule has 0 radical (unpaired) electrons. The fraction of sp³-hybridized carbons (Fsp3) is 0.720. The van der Waals surface area contributed by atoms with E-state index in [-0.39, 0.29) is 5.54 Å². The van der Waals surface area contributed by atoms with Crippen molar-refractivity contribution in [2.24, 2.45) is 0 Å². The zero-order valence-electron chi connectivity index (χ0n) is 21.8. The minimum atomic E-state index is -4.57. The van der Waals surface area contributed by atoms with Crippen molar-refractivity contribution in [2.45, 2.75) is 63.9 Å². The van der Waals surface area contributed by atoms with Crippen LogP contribution in [0.2, 0.25) is 0 Å². The molecule has 3 aliphatic rings. The van der Waals surface area contributed by atoms with E-state index in [1.165, 1.54) is 21.0 Å². The number of sulfonamides is 1. The third-order valence-electron chi connectivity index (χ3n) is 8.00. The number of rotatable bonds is 5. The van der Waals surface area contributed by atoms with Gasteiger partial charge in [0.2, 0.25) is 10.0 Å². The number of alkyl halides is 3. The molecule has 3 heterocycles. The molecule has 3 fully saturated rings. The van der Waals surface area contributed by atoms with Crippen molar-refractivity contribution in [2.75, 3.05) is 57.0 Å². The summed E-state index contributed by atoms with van der Waals surface area (Å²) in [4.78, 5) is 18.4. The molecule has 4 rings (SSSR count). The summed E-state index contributed by atoms with van der Waals surface area (Å²) >= 11 is 0. The number of piperazine rings is 1. The molecule has 208 valence electrons. The van der Waals surface area contributed by atoms with E-state index < -0.39 is 28.4 Å². The van der Waals surface area contributed by atoms with Crippen LogP contribution in [0.25, 0.3) is 0 Å². The quantitative estimate of drug-likeness (QED) is 0.562. The number of hydrogen-bond donors (Lipinski definition) is 0. The number of anilines is 1. The summed E-state index contributed by atoms with van der Waals surface area (Å²) in [6.45, 7) is 7.59. The van der Waals surface area contributed by atoms with E-state index in [2.05, 4.69) is 39.7 Å². The Kier molecular flexibility index (Phi) is 8.02. The Bertz CT molecular complexity index is 1080. The molecule has 1 unspecified atom stereocenters. The van der Waals surface area contributed by atoms with Gasteiger partial charge < -0.3 is 14.5 Å². The Labute approximate surface area is 217 Å². The van der Waals surface area contributed by atoms with Crippen LogP contribution in [0.5, 0.6) is 0 Å². The zero-order valence-corrected chi connectivity index (χ0v) is 22.6. The molecule has 12 heteroatoms. The van der Waals surface area contributed by atoms with Crippen LogP contribution in [0, 0.1) is 6.92 Å². The SMILES string of the molecule is Cc1cc(CN2CCCC23CCN(C(=O)OC(C)C(F)(F)F)CC3)cc(N2CCN(S(C)(=O)=O)CC2)c1. The molecule has 1 amide bonds. The predicted molar refractivity (Wildman–Crippen MR) is 135 cm³/mol. The van der Waals surface area contributed by atoms with Gasteiger partial charge in [-0.15, -0.1) is 0 Å². The number of nitrogens with zero attached hydrogens (tertiary/aromatic N) is 4. The Morgan fingerprint density at radius 3 is 2.27 bits per heavy atom.